The van der Waals surface area contributed by atoms with Crippen LogP contribution in [0.5, 0.6) is 0 Å². The molecule has 1 fully saturated rings. The molecule has 0 bridgehead atoms. The number of hydrogen-bond donors (Lipinski definition) is 1. The molecule has 1 N–H and O–H groups in total. The van der Waals surface area contributed by atoms with Crippen molar-refractivity contribution in [1.82, 2.24) is 10.2 Å². The second kappa shape index (κ2) is 6.35. The molecular formula is C11H19N3O. The van der Waals surface area contributed by atoms with Crippen molar-refractivity contribution in [3.05, 3.63) is 17.8 Å². The van der Waals surface area contributed by atoms with Crippen LogP contribution >= 0.6 is 0 Å². The molecule has 1 aliphatic rings. The predicted molar refractivity (Wildman–Crippen MR) is 60.9 cm³/mol. The Morgan fingerprint density at radius 1 is 1.47 bits per heavy atom. The molecule has 0 spiro atoms. The number of nitrogens with zero attached hydrogens (tertiary/aromatic N) is 2. The van der Waals surface area contributed by atoms with Crippen molar-refractivity contribution < 1.29 is 4.74 Å². The van der Waals surface area contributed by atoms with Gasteiger partial charge in [0, 0.05) is 12.5 Å². The lowest BCUT2D eigenvalue weighted by Crippen LogP contribution is -2.33. The molecule has 0 aliphatic carbocycles. The Morgan fingerprint density at radius 2 is 2.20 bits per heavy atom. The zero-order chi connectivity index (χ0) is 11.1. The van der Waals surface area contributed by atoms with Gasteiger partial charge < -0.3 is 10.1 Å². The highest BCUT2D eigenvalue weighted by Gasteiger charge is 2.17. The van der Waals surface area contributed by atoms with Gasteiger partial charge >= 0.3 is 0 Å². The van der Waals surface area contributed by atoms with Crippen LogP contribution in [-0.2, 0) is 4.74 Å². The number of aromatic nitrogens is 2. The van der Waals surface area contributed by atoms with Crippen LogP contribution in [0.1, 0.15) is 19.4 Å². The third-order valence-electron chi connectivity index (χ3n) is 2.07. The highest BCUT2D eigenvalue weighted by Crippen LogP contribution is 2.11. The van der Waals surface area contributed by atoms with Crippen LogP contribution < -0.4 is 5.32 Å². The van der Waals surface area contributed by atoms with Crippen molar-refractivity contribution in [3.63, 3.8) is 0 Å². The van der Waals surface area contributed by atoms with E-state index in [0.717, 1.165) is 31.1 Å². The average molecular weight is 209 g/mol. The summed E-state index contributed by atoms with van der Waals surface area (Å²) in [6.07, 6.45) is 1.75. The van der Waals surface area contributed by atoms with E-state index in [0.29, 0.717) is 5.92 Å². The number of ether oxygens (including phenoxy) is 1. The summed E-state index contributed by atoms with van der Waals surface area (Å²) in [4.78, 5) is 0. The third-order valence-corrected chi connectivity index (χ3v) is 2.07. The van der Waals surface area contributed by atoms with Crippen molar-refractivity contribution in [2.75, 3.05) is 25.1 Å². The van der Waals surface area contributed by atoms with Crippen molar-refractivity contribution in [2.45, 2.75) is 20.8 Å². The van der Waals surface area contributed by atoms with E-state index in [1.165, 1.54) is 0 Å². The molecule has 4 heteroatoms. The summed E-state index contributed by atoms with van der Waals surface area (Å²) in [6.45, 7) is 8.67. The highest BCUT2D eigenvalue weighted by atomic mass is 16.5. The van der Waals surface area contributed by atoms with E-state index in [1.54, 1.807) is 6.20 Å². The number of hydrogen-bond acceptors (Lipinski definition) is 4. The molecule has 0 atom stereocenters. The molecule has 2 heterocycles. The summed E-state index contributed by atoms with van der Waals surface area (Å²) in [5.74, 6) is 1.49. The topological polar surface area (TPSA) is 47.0 Å². The zero-order valence-electron chi connectivity index (χ0n) is 9.66. The quantitative estimate of drug-likeness (QED) is 0.825. The molecule has 15 heavy (non-hydrogen) atoms. The Balaban J connectivity index is 0.000000531. The molecule has 0 saturated carbocycles. The van der Waals surface area contributed by atoms with Gasteiger partial charge in [-0.15, -0.1) is 5.10 Å². The van der Waals surface area contributed by atoms with E-state index in [1.807, 2.05) is 26.8 Å². The Bertz CT molecular complexity index is 287. The first kappa shape index (κ1) is 11.9. The maximum atomic E-state index is 5.07. The molecule has 1 aliphatic heterocycles. The van der Waals surface area contributed by atoms with E-state index in [-0.39, 0.29) is 0 Å². The van der Waals surface area contributed by atoms with Crippen LogP contribution in [0, 0.1) is 12.8 Å². The summed E-state index contributed by atoms with van der Waals surface area (Å²) in [5, 5.41) is 11.1. The standard InChI is InChI=1S/C9H13N3O.C2H6/c1-7-2-9(12-11-3-7)10-4-8-5-13-6-8;1-2/h2-3,8H,4-6H2,1H3,(H,10,12);1-2H3. The van der Waals surface area contributed by atoms with Crippen molar-refractivity contribution in [2.24, 2.45) is 5.92 Å². The van der Waals surface area contributed by atoms with Crippen LogP contribution in [0.4, 0.5) is 5.82 Å². The molecular weight excluding hydrogens is 190 g/mol. The second-order valence-corrected chi connectivity index (χ2v) is 3.40. The minimum absolute atomic E-state index is 0.641. The van der Waals surface area contributed by atoms with Gasteiger partial charge in [-0.05, 0) is 18.6 Å². The normalized spacial score (nSPS) is 14.9. The molecule has 4 nitrogen and oxygen atoms in total. The van der Waals surface area contributed by atoms with Gasteiger partial charge in [0.1, 0.15) is 5.82 Å². The summed E-state index contributed by atoms with van der Waals surface area (Å²) in [7, 11) is 0. The number of rotatable bonds is 3. The fourth-order valence-corrected chi connectivity index (χ4v) is 1.20. The molecule has 0 aromatic carbocycles. The molecule has 1 saturated heterocycles. The smallest absolute Gasteiger partial charge is 0.148 e. The fourth-order valence-electron chi connectivity index (χ4n) is 1.20. The van der Waals surface area contributed by atoms with Gasteiger partial charge in [-0.2, -0.15) is 5.10 Å². The number of aryl methyl sites for hydroxylation is 1. The van der Waals surface area contributed by atoms with E-state index < -0.39 is 0 Å². The maximum absolute atomic E-state index is 5.07. The summed E-state index contributed by atoms with van der Waals surface area (Å²) < 4.78 is 5.07. The van der Waals surface area contributed by atoms with E-state index in [9.17, 15) is 0 Å². The largest absolute Gasteiger partial charge is 0.381 e. The Labute approximate surface area is 91.1 Å². The SMILES string of the molecule is CC.Cc1cnnc(NCC2COC2)c1. The van der Waals surface area contributed by atoms with Gasteiger partial charge in [-0.1, -0.05) is 13.8 Å². The van der Waals surface area contributed by atoms with Gasteiger partial charge in [0.05, 0.1) is 19.4 Å². The number of anilines is 1. The summed E-state index contributed by atoms with van der Waals surface area (Å²) in [5.41, 5.74) is 1.13. The summed E-state index contributed by atoms with van der Waals surface area (Å²) >= 11 is 0. The van der Waals surface area contributed by atoms with Crippen LogP contribution in [0.3, 0.4) is 0 Å². The molecule has 0 radical (unpaired) electrons. The second-order valence-electron chi connectivity index (χ2n) is 3.40. The lowest BCUT2D eigenvalue weighted by atomic mass is 10.1. The Kier molecular flexibility index (Phi) is 5.04. The van der Waals surface area contributed by atoms with Crippen molar-refractivity contribution in [3.8, 4) is 0 Å². The average Bonchev–Trinajstić information content (AvgIpc) is 2.19. The van der Waals surface area contributed by atoms with Crippen molar-refractivity contribution in [1.29, 1.82) is 0 Å². The Hall–Kier alpha value is -1.16. The minimum atomic E-state index is 0.641. The van der Waals surface area contributed by atoms with Gasteiger partial charge in [0.2, 0.25) is 0 Å². The van der Waals surface area contributed by atoms with Crippen LogP contribution in [0.2, 0.25) is 0 Å². The Morgan fingerprint density at radius 3 is 2.73 bits per heavy atom. The van der Waals surface area contributed by atoms with Crippen LogP contribution in [0.15, 0.2) is 12.3 Å². The molecule has 1 aromatic heterocycles. The van der Waals surface area contributed by atoms with Gasteiger partial charge in [-0.25, -0.2) is 0 Å². The van der Waals surface area contributed by atoms with E-state index in [2.05, 4.69) is 15.5 Å². The summed E-state index contributed by atoms with van der Waals surface area (Å²) in [6, 6.07) is 1.99. The van der Waals surface area contributed by atoms with Gasteiger partial charge in [-0.3, -0.25) is 0 Å². The third kappa shape index (κ3) is 3.83. The molecule has 2 rings (SSSR count). The fraction of sp³-hybridized carbons (Fsp3) is 0.636. The number of nitrogens with one attached hydrogen (secondary N) is 1. The maximum Gasteiger partial charge on any atom is 0.148 e. The van der Waals surface area contributed by atoms with Crippen molar-refractivity contribution >= 4 is 5.82 Å². The highest BCUT2D eigenvalue weighted by molar-refractivity contribution is 5.34. The zero-order valence-corrected chi connectivity index (χ0v) is 9.66. The molecule has 0 unspecified atom stereocenters. The molecule has 0 amide bonds. The first-order valence-corrected chi connectivity index (χ1v) is 5.45. The van der Waals surface area contributed by atoms with Gasteiger partial charge in [0.25, 0.3) is 0 Å². The lowest BCUT2D eigenvalue weighted by molar-refractivity contribution is -0.0248. The molecule has 1 aromatic rings. The predicted octanol–water partition coefficient (Wildman–Crippen LogP) is 1.87. The van der Waals surface area contributed by atoms with E-state index in [4.69, 9.17) is 4.74 Å². The van der Waals surface area contributed by atoms with Crippen LogP contribution in [-0.4, -0.2) is 30.0 Å². The first-order valence-electron chi connectivity index (χ1n) is 5.45. The lowest BCUT2D eigenvalue weighted by Gasteiger charge is -2.25. The minimum Gasteiger partial charge on any atom is -0.381 e. The van der Waals surface area contributed by atoms with Crippen LogP contribution in [0.25, 0.3) is 0 Å². The monoisotopic (exact) mass is 209 g/mol. The first-order chi connectivity index (χ1) is 7.34. The van der Waals surface area contributed by atoms with Gasteiger partial charge in [0.15, 0.2) is 0 Å². The van der Waals surface area contributed by atoms with E-state index >= 15 is 0 Å². The molecule has 84 valence electrons.